The third kappa shape index (κ3) is 5.82. The number of hydrogen-bond donors (Lipinski definition) is 2. The van der Waals surface area contributed by atoms with Gasteiger partial charge in [0.25, 0.3) is 5.91 Å². The largest absolute Gasteiger partial charge is 0.382 e. The molecule has 0 unspecified atom stereocenters. The maximum atomic E-state index is 14.9. The Hall–Kier alpha value is -3.74. The molecule has 0 radical (unpaired) electrons. The van der Waals surface area contributed by atoms with E-state index in [9.17, 15) is 18.4 Å². The quantitative estimate of drug-likeness (QED) is 0.355. The molecular formula is C32H35F2N3O2. The second-order valence-corrected chi connectivity index (χ2v) is 10.8. The molecule has 0 bridgehead atoms. The molecule has 5 nitrogen and oxygen atoms in total. The molecule has 2 N–H and O–H groups in total. The number of amides is 2. The summed E-state index contributed by atoms with van der Waals surface area (Å²) in [5, 5.41) is 6.44. The van der Waals surface area contributed by atoms with Gasteiger partial charge in [-0.3, -0.25) is 9.59 Å². The van der Waals surface area contributed by atoms with Gasteiger partial charge in [0.1, 0.15) is 11.6 Å². The van der Waals surface area contributed by atoms with E-state index in [0.717, 1.165) is 24.1 Å². The highest BCUT2D eigenvalue weighted by molar-refractivity contribution is 5.98. The maximum absolute atomic E-state index is 14.9. The number of carbonyl (C=O) groups excluding carboxylic acids is 2. The minimum atomic E-state index is -0.596. The van der Waals surface area contributed by atoms with Gasteiger partial charge in [-0.25, -0.2) is 8.78 Å². The molecule has 1 saturated heterocycles. The van der Waals surface area contributed by atoms with Gasteiger partial charge in [0.05, 0.1) is 17.5 Å². The van der Waals surface area contributed by atoms with Crippen LogP contribution >= 0.6 is 0 Å². The fraction of sp³-hybridized carbons (Fsp3) is 0.375. The van der Waals surface area contributed by atoms with Crippen LogP contribution in [0.5, 0.6) is 0 Å². The Kier molecular flexibility index (Phi) is 7.96. The normalized spacial score (nSPS) is 19.6. The lowest BCUT2D eigenvalue weighted by Crippen LogP contribution is -2.46. The molecule has 204 valence electrons. The predicted octanol–water partition coefficient (Wildman–Crippen LogP) is 7.17. The smallest absolute Gasteiger partial charge is 0.257 e. The second-order valence-electron chi connectivity index (χ2n) is 10.8. The van der Waals surface area contributed by atoms with Gasteiger partial charge >= 0.3 is 0 Å². The predicted molar refractivity (Wildman–Crippen MR) is 150 cm³/mol. The molecule has 1 saturated carbocycles. The Bertz CT molecular complexity index is 1330. The number of carbonyl (C=O) groups is 2. The summed E-state index contributed by atoms with van der Waals surface area (Å²) in [4.78, 5) is 29.1. The van der Waals surface area contributed by atoms with Crippen LogP contribution in [0.2, 0.25) is 0 Å². The third-order valence-corrected chi connectivity index (χ3v) is 8.08. The maximum Gasteiger partial charge on any atom is 0.257 e. The van der Waals surface area contributed by atoms with E-state index in [4.69, 9.17) is 0 Å². The zero-order chi connectivity index (χ0) is 27.5. The first-order chi connectivity index (χ1) is 18.8. The first kappa shape index (κ1) is 26.9. The number of piperidine rings is 1. The highest BCUT2D eigenvalue weighted by Gasteiger charge is 2.40. The molecule has 3 aromatic carbocycles. The van der Waals surface area contributed by atoms with Gasteiger partial charge in [-0.15, -0.1) is 0 Å². The number of rotatable bonds is 6. The molecule has 0 spiro atoms. The first-order valence-corrected chi connectivity index (χ1v) is 13.8. The van der Waals surface area contributed by atoms with Crippen LogP contribution in [0.3, 0.4) is 0 Å². The summed E-state index contributed by atoms with van der Waals surface area (Å²) < 4.78 is 29.1. The number of benzene rings is 3. The molecule has 39 heavy (non-hydrogen) atoms. The topological polar surface area (TPSA) is 61.4 Å². The second kappa shape index (κ2) is 11.6. The molecule has 1 heterocycles. The summed E-state index contributed by atoms with van der Waals surface area (Å²) in [7, 11) is 0. The van der Waals surface area contributed by atoms with Gasteiger partial charge in [0, 0.05) is 24.0 Å². The number of hydrogen-bond acceptors (Lipinski definition) is 3. The van der Waals surface area contributed by atoms with Gasteiger partial charge in [0.15, 0.2) is 0 Å². The summed E-state index contributed by atoms with van der Waals surface area (Å²) in [5.41, 5.74) is 3.25. The standard InChI is InChI=1S/C32H35F2N3O2/c1-20-12-15-25(19-28(20)34)36-31(38)26-10-6-18-37(32(39)29-21(2)7-5-11-27(29)33)30(26)22-13-16-24(17-14-22)35-23-8-3-4-9-23/h5,7,11-17,19,23,26,30,35H,3-4,6,8-10,18H2,1-2H3,(H,36,38)/t26-,30-/m0/s1. The number of nitrogens with one attached hydrogen (secondary N) is 2. The van der Waals surface area contributed by atoms with Gasteiger partial charge in [-0.1, -0.05) is 43.2 Å². The fourth-order valence-electron chi connectivity index (χ4n) is 5.94. The van der Waals surface area contributed by atoms with E-state index in [2.05, 4.69) is 10.6 Å². The molecule has 7 heteroatoms. The first-order valence-electron chi connectivity index (χ1n) is 13.8. The van der Waals surface area contributed by atoms with Crippen LogP contribution < -0.4 is 10.6 Å². The van der Waals surface area contributed by atoms with E-state index in [1.165, 1.54) is 25.0 Å². The van der Waals surface area contributed by atoms with Gasteiger partial charge in [-0.05, 0) is 86.6 Å². The molecular weight excluding hydrogens is 496 g/mol. The summed E-state index contributed by atoms with van der Waals surface area (Å²) in [5.74, 6) is -2.28. The number of halogens is 2. The molecule has 2 aliphatic rings. The minimum Gasteiger partial charge on any atom is -0.382 e. The Morgan fingerprint density at radius 3 is 2.23 bits per heavy atom. The van der Waals surface area contributed by atoms with Crippen molar-refractivity contribution in [1.29, 1.82) is 0 Å². The molecule has 1 aliphatic carbocycles. The number of likely N-dealkylation sites (tertiary alicyclic amines) is 1. The van der Waals surface area contributed by atoms with E-state index >= 15 is 0 Å². The lowest BCUT2D eigenvalue weighted by molar-refractivity contribution is -0.123. The number of anilines is 2. The van der Waals surface area contributed by atoms with Crippen molar-refractivity contribution in [2.75, 3.05) is 17.2 Å². The monoisotopic (exact) mass is 531 g/mol. The van der Waals surface area contributed by atoms with Gasteiger partial charge < -0.3 is 15.5 Å². The molecule has 0 aromatic heterocycles. The average molecular weight is 532 g/mol. The van der Waals surface area contributed by atoms with Crippen molar-refractivity contribution in [2.45, 2.75) is 64.5 Å². The Morgan fingerprint density at radius 2 is 1.54 bits per heavy atom. The molecule has 5 rings (SSSR count). The molecule has 1 aliphatic heterocycles. The van der Waals surface area contributed by atoms with Gasteiger partial charge in [-0.2, -0.15) is 0 Å². The SMILES string of the molecule is Cc1ccc(NC(=O)[C@H]2CCCN(C(=O)c3c(C)cccc3F)[C@H]2c2ccc(NC3CCCC3)cc2)cc1F. The van der Waals surface area contributed by atoms with E-state index in [1.807, 2.05) is 24.3 Å². The minimum absolute atomic E-state index is 0.0312. The summed E-state index contributed by atoms with van der Waals surface area (Å²) in [6.07, 6.45) is 5.90. The van der Waals surface area contributed by atoms with E-state index in [0.29, 0.717) is 42.2 Å². The van der Waals surface area contributed by atoms with Crippen molar-refractivity contribution in [3.05, 3.63) is 94.6 Å². The molecule has 2 atom stereocenters. The Balaban J connectivity index is 1.47. The van der Waals surface area contributed by atoms with Crippen molar-refractivity contribution in [1.82, 2.24) is 4.90 Å². The summed E-state index contributed by atoms with van der Waals surface area (Å²) in [6, 6.07) is 16.9. The highest BCUT2D eigenvalue weighted by atomic mass is 19.1. The lowest BCUT2D eigenvalue weighted by Gasteiger charge is -2.41. The summed E-state index contributed by atoms with van der Waals surface area (Å²) in [6.45, 7) is 3.79. The summed E-state index contributed by atoms with van der Waals surface area (Å²) >= 11 is 0. The van der Waals surface area contributed by atoms with Crippen LogP contribution in [0.25, 0.3) is 0 Å². The van der Waals surface area contributed by atoms with Crippen LogP contribution in [0.1, 0.15) is 71.6 Å². The van der Waals surface area contributed by atoms with Crippen LogP contribution in [0, 0.1) is 31.4 Å². The highest BCUT2D eigenvalue weighted by Crippen LogP contribution is 2.39. The Labute approximate surface area is 228 Å². The van der Waals surface area contributed by atoms with Crippen molar-refractivity contribution in [3.63, 3.8) is 0 Å². The van der Waals surface area contributed by atoms with Crippen LogP contribution in [-0.4, -0.2) is 29.3 Å². The average Bonchev–Trinajstić information content (AvgIpc) is 3.44. The van der Waals surface area contributed by atoms with Crippen molar-refractivity contribution in [2.24, 2.45) is 5.92 Å². The van der Waals surface area contributed by atoms with Crippen molar-refractivity contribution >= 4 is 23.2 Å². The zero-order valence-electron chi connectivity index (χ0n) is 22.5. The molecule has 2 fully saturated rings. The van der Waals surface area contributed by atoms with Crippen molar-refractivity contribution < 1.29 is 18.4 Å². The van der Waals surface area contributed by atoms with E-state index < -0.39 is 29.5 Å². The zero-order valence-corrected chi connectivity index (χ0v) is 22.5. The molecule has 3 aromatic rings. The van der Waals surface area contributed by atoms with Gasteiger partial charge in [0.2, 0.25) is 5.91 Å². The number of aryl methyl sites for hydroxylation is 2. The van der Waals surface area contributed by atoms with E-state index in [1.54, 1.807) is 43.0 Å². The fourth-order valence-corrected chi connectivity index (χ4v) is 5.94. The van der Waals surface area contributed by atoms with Crippen molar-refractivity contribution in [3.8, 4) is 0 Å². The molecule has 2 amide bonds. The van der Waals surface area contributed by atoms with Crippen LogP contribution in [0.4, 0.5) is 20.2 Å². The Morgan fingerprint density at radius 1 is 0.821 bits per heavy atom. The van der Waals surface area contributed by atoms with Crippen LogP contribution in [-0.2, 0) is 4.79 Å². The van der Waals surface area contributed by atoms with Crippen LogP contribution in [0.15, 0.2) is 60.7 Å². The third-order valence-electron chi connectivity index (χ3n) is 8.08. The number of nitrogens with zero attached hydrogens (tertiary/aromatic N) is 1. The lowest BCUT2D eigenvalue weighted by atomic mass is 9.83. The van der Waals surface area contributed by atoms with E-state index in [-0.39, 0.29) is 11.5 Å².